The van der Waals surface area contributed by atoms with Crippen molar-refractivity contribution in [2.24, 2.45) is 0 Å². The molecule has 3 aromatic carbocycles. The van der Waals surface area contributed by atoms with Gasteiger partial charge in [-0.2, -0.15) is 0 Å². The second-order valence-corrected chi connectivity index (χ2v) is 7.20. The van der Waals surface area contributed by atoms with Gasteiger partial charge in [-0.1, -0.05) is 35.9 Å². The first-order valence-corrected chi connectivity index (χ1v) is 10.00. The lowest BCUT2D eigenvalue weighted by molar-refractivity contribution is -0.120. The summed E-state index contributed by atoms with van der Waals surface area (Å²) in [7, 11) is 0. The number of carbonyl (C=O) groups is 2. The van der Waals surface area contributed by atoms with Gasteiger partial charge < -0.3 is 10.1 Å². The van der Waals surface area contributed by atoms with Crippen LogP contribution in [0, 0.1) is 5.82 Å². The highest BCUT2D eigenvalue weighted by molar-refractivity contribution is 6.46. The zero-order valence-electron chi connectivity index (χ0n) is 16.6. The van der Waals surface area contributed by atoms with E-state index in [-0.39, 0.29) is 11.3 Å². The minimum Gasteiger partial charge on any atom is -0.494 e. The van der Waals surface area contributed by atoms with Crippen LogP contribution in [0.2, 0.25) is 5.02 Å². The van der Waals surface area contributed by atoms with Gasteiger partial charge in [0.25, 0.3) is 11.8 Å². The third-order valence-corrected chi connectivity index (χ3v) is 4.93. The number of hydrogen-bond donors (Lipinski definition) is 1. The highest BCUT2D eigenvalue weighted by Gasteiger charge is 2.40. The molecule has 1 aliphatic rings. The molecular formula is C24H18ClFN2O3. The van der Waals surface area contributed by atoms with Crippen LogP contribution in [0.1, 0.15) is 12.5 Å². The van der Waals surface area contributed by atoms with Crippen LogP contribution in [0.3, 0.4) is 0 Å². The van der Waals surface area contributed by atoms with E-state index in [1.807, 2.05) is 6.92 Å². The van der Waals surface area contributed by atoms with Crippen molar-refractivity contribution in [2.45, 2.75) is 6.92 Å². The Kier molecular flexibility index (Phi) is 5.73. The second kappa shape index (κ2) is 8.62. The van der Waals surface area contributed by atoms with Gasteiger partial charge in [-0.05, 0) is 61.0 Å². The maximum Gasteiger partial charge on any atom is 0.282 e. The molecule has 1 N–H and O–H groups in total. The van der Waals surface area contributed by atoms with Gasteiger partial charge in [0.15, 0.2) is 0 Å². The molecule has 156 valence electrons. The fourth-order valence-electron chi connectivity index (χ4n) is 3.36. The summed E-state index contributed by atoms with van der Waals surface area (Å²) in [5, 5.41) is 3.32. The maximum absolute atomic E-state index is 13.7. The van der Waals surface area contributed by atoms with Gasteiger partial charge >= 0.3 is 0 Å². The van der Waals surface area contributed by atoms with E-state index < -0.39 is 17.6 Å². The predicted octanol–water partition coefficient (Wildman–Crippen LogP) is 5.27. The van der Waals surface area contributed by atoms with Gasteiger partial charge in [0.2, 0.25) is 0 Å². The number of benzene rings is 3. The van der Waals surface area contributed by atoms with Crippen molar-refractivity contribution in [3.63, 3.8) is 0 Å². The molecule has 3 aromatic rings. The molecule has 0 unspecified atom stereocenters. The van der Waals surface area contributed by atoms with E-state index in [0.717, 1.165) is 4.90 Å². The van der Waals surface area contributed by atoms with E-state index in [1.165, 1.54) is 24.3 Å². The van der Waals surface area contributed by atoms with Crippen molar-refractivity contribution in [2.75, 3.05) is 16.8 Å². The van der Waals surface area contributed by atoms with Crippen LogP contribution in [-0.2, 0) is 9.59 Å². The summed E-state index contributed by atoms with van der Waals surface area (Å²) in [6, 6.07) is 19.0. The molecule has 0 saturated heterocycles. The average molecular weight is 437 g/mol. The van der Waals surface area contributed by atoms with Crippen LogP contribution < -0.4 is 15.0 Å². The Balaban J connectivity index is 1.80. The van der Waals surface area contributed by atoms with Crippen LogP contribution in [0.25, 0.3) is 5.57 Å². The van der Waals surface area contributed by atoms with E-state index in [0.29, 0.717) is 34.3 Å². The Morgan fingerprint density at radius 1 is 0.968 bits per heavy atom. The minimum atomic E-state index is -0.555. The topological polar surface area (TPSA) is 58.6 Å². The number of halogens is 2. The molecule has 0 radical (unpaired) electrons. The largest absolute Gasteiger partial charge is 0.494 e. The van der Waals surface area contributed by atoms with E-state index in [1.54, 1.807) is 48.5 Å². The first-order valence-electron chi connectivity index (χ1n) is 9.62. The van der Waals surface area contributed by atoms with Crippen LogP contribution in [-0.4, -0.2) is 18.4 Å². The Hall–Kier alpha value is -3.64. The first-order chi connectivity index (χ1) is 15.0. The van der Waals surface area contributed by atoms with Gasteiger partial charge in [0.1, 0.15) is 17.3 Å². The molecule has 4 rings (SSSR count). The van der Waals surface area contributed by atoms with Crippen LogP contribution in [0.5, 0.6) is 5.75 Å². The standard InChI is InChI=1S/C24H18ClFN2O3/c1-2-31-20-11-9-15(10-12-20)21-22(27-18-7-4-6-17(26)14-18)24(30)28(23(21)29)19-8-3-5-16(25)13-19/h3-14,27H,2H2,1H3. The Labute approximate surface area is 183 Å². The Bertz CT molecular complexity index is 1190. The summed E-state index contributed by atoms with van der Waals surface area (Å²) in [5.41, 5.74) is 1.47. The highest BCUT2D eigenvalue weighted by Crippen LogP contribution is 2.35. The number of imide groups is 1. The molecule has 5 nitrogen and oxygen atoms in total. The summed E-state index contributed by atoms with van der Waals surface area (Å²) < 4.78 is 19.2. The minimum absolute atomic E-state index is 0.0553. The van der Waals surface area contributed by atoms with Crippen LogP contribution >= 0.6 is 11.6 Å². The SMILES string of the molecule is CCOc1ccc(C2=C(Nc3cccc(F)c3)C(=O)N(c3cccc(Cl)c3)C2=O)cc1. The summed E-state index contributed by atoms with van der Waals surface area (Å²) in [5.74, 6) is -0.873. The molecule has 1 heterocycles. The number of nitrogens with zero attached hydrogens (tertiary/aromatic N) is 1. The van der Waals surface area contributed by atoms with Crippen molar-refractivity contribution in [3.8, 4) is 5.75 Å². The molecule has 0 spiro atoms. The smallest absolute Gasteiger partial charge is 0.282 e. The molecule has 0 atom stereocenters. The van der Waals surface area contributed by atoms with E-state index in [9.17, 15) is 14.0 Å². The molecule has 7 heteroatoms. The number of carbonyl (C=O) groups excluding carboxylic acids is 2. The van der Waals surface area contributed by atoms with E-state index in [4.69, 9.17) is 16.3 Å². The lowest BCUT2D eigenvalue weighted by Gasteiger charge is -2.15. The predicted molar refractivity (Wildman–Crippen MR) is 118 cm³/mol. The summed E-state index contributed by atoms with van der Waals surface area (Å²) >= 11 is 6.07. The number of hydrogen-bond acceptors (Lipinski definition) is 4. The quantitative estimate of drug-likeness (QED) is 0.534. The summed E-state index contributed by atoms with van der Waals surface area (Å²) in [6.45, 7) is 2.38. The van der Waals surface area contributed by atoms with Crippen molar-refractivity contribution in [1.82, 2.24) is 0 Å². The fourth-order valence-corrected chi connectivity index (χ4v) is 3.54. The summed E-state index contributed by atoms with van der Waals surface area (Å²) in [4.78, 5) is 27.7. The lowest BCUT2D eigenvalue weighted by Crippen LogP contribution is -2.32. The molecule has 0 aliphatic carbocycles. The molecule has 31 heavy (non-hydrogen) atoms. The van der Waals surface area contributed by atoms with Gasteiger partial charge in [-0.25, -0.2) is 9.29 Å². The summed E-state index contributed by atoms with van der Waals surface area (Å²) in [6.07, 6.45) is 0. The van der Waals surface area contributed by atoms with Gasteiger partial charge in [0, 0.05) is 10.7 Å². The van der Waals surface area contributed by atoms with Crippen LogP contribution in [0.15, 0.2) is 78.5 Å². The third-order valence-electron chi connectivity index (χ3n) is 4.70. The Morgan fingerprint density at radius 3 is 2.39 bits per heavy atom. The molecule has 0 saturated carbocycles. The molecular weight excluding hydrogens is 419 g/mol. The maximum atomic E-state index is 13.7. The first kappa shape index (κ1) is 20.6. The number of amides is 2. The molecule has 0 fully saturated rings. The van der Waals surface area contributed by atoms with Crippen molar-refractivity contribution in [3.05, 3.63) is 94.9 Å². The van der Waals surface area contributed by atoms with Crippen molar-refractivity contribution in [1.29, 1.82) is 0 Å². The molecule has 2 amide bonds. The van der Waals surface area contributed by atoms with Gasteiger partial charge in [-0.15, -0.1) is 0 Å². The van der Waals surface area contributed by atoms with Gasteiger partial charge in [0.05, 0.1) is 17.9 Å². The number of ether oxygens (including phenoxy) is 1. The van der Waals surface area contributed by atoms with E-state index in [2.05, 4.69) is 5.32 Å². The third kappa shape index (κ3) is 4.15. The monoisotopic (exact) mass is 436 g/mol. The highest BCUT2D eigenvalue weighted by atomic mass is 35.5. The number of nitrogens with one attached hydrogen (secondary N) is 1. The zero-order chi connectivity index (χ0) is 22.0. The van der Waals surface area contributed by atoms with Crippen LogP contribution in [0.4, 0.5) is 15.8 Å². The second-order valence-electron chi connectivity index (χ2n) is 6.77. The lowest BCUT2D eigenvalue weighted by atomic mass is 10.0. The number of rotatable bonds is 6. The average Bonchev–Trinajstić information content (AvgIpc) is 2.98. The molecule has 0 aromatic heterocycles. The molecule has 1 aliphatic heterocycles. The fraction of sp³-hybridized carbons (Fsp3) is 0.0833. The molecule has 0 bridgehead atoms. The van der Waals surface area contributed by atoms with Crippen molar-refractivity contribution >= 4 is 40.4 Å². The number of anilines is 2. The van der Waals surface area contributed by atoms with Gasteiger partial charge in [-0.3, -0.25) is 9.59 Å². The zero-order valence-corrected chi connectivity index (χ0v) is 17.3. The Morgan fingerprint density at radius 2 is 1.71 bits per heavy atom. The van der Waals surface area contributed by atoms with Crippen molar-refractivity contribution < 1.29 is 18.7 Å². The van der Waals surface area contributed by atoms with E-state index >= 15 is 0 Å². The normalized spacial score (nSPS) is 13.7.